The second-order valence-electron chi connectivity index (χ2n) is 18.5. The summed E-state index contributed by atoms with van der Waals surface area (Å²) in [6, 6.07) is 0. The zero-order chi connectivity index (χ0) is 48.6. The fourth-order valence-electron chi connectivity index (χ4n) is 7.68. The van der Waals surface area contributed by atoms with E-state index in [0.717, 1.165) is 96.3 Å². The van der Waals surface area contributed by atoms with Crippen LogP contribution >= 0.6 is 0 Å². The van der Waals surface area contributed by atoms with E-state index in [-0.39, 0.29) is 37.5 Å². The van der Waals surface area contributed by atoms with Crippen molar-refractivity contribution < 1.29 is 28.6 Å². The molecule has 0 heterocycles. The Labute approximate surface area is 414 Å². The number of unbranched alkanes of at least 4 members (excludes halogenated alkanes) is 25. The lowest BCUT2D eigenvalue weighted by atomic mass is 10.0. The average molecular weight is 933 g/mol. The molecule has 0 aromatic heterocycles. The van der Waals surface area contributed by atoms with Gasteiger partial charge < -0.3 is 14.2 Å². The molecule has 0 radical (unpaired) electrons. The summed E-state index contributed by atoms with van der Waals surface area (Å²) in [4.78, 5) is 38.1. The molecule has 0 saturated heterocycles. The molecule has 67 heavy (non-hydrogen) atoms. The Kier molecular flexibility index (Phi) is 52.4. The summed E-state index contributed by atoms with van der Waals surface area (Å²) >= 11 is 0. The molecule has 0 aliphatic heterocycles. The summed E-state index contributed by atoms with van der Waals surface area (Å²) in [5, 5.41) is 0. The van der Waals surface area contributed by atoms with Gasteiger partial charge in [-0.1, -0.05) is 241 Å². The first-order valence-corrected chi connectivity index (χ1v) is 28.1. The van der Waals surface area contributed by atoms with Crippen LogP contribution in [-0.4, -0.2) is 37.2 Å². The fraction of sp³-hybridized carbons (Fsp3) is 0.721. The quantitative estimate of drug-likeness (QED) is 0.0262. The number of allylic oxidation sites excluding steroid dienone is 14. The molecule has 6 heteroatoms. The van der Waals surface area contributed by atoms with Gasteiger partial charge in [0, 0.05) is 19.3 Å². The second-order valence-corrected chi connectivity index (χ2v) is 18.5. The third-order valence-electron chi connectivity index (χ3n) is 11.9. The molecule has 1 unspecified atom stereocenters. The Morgan fingerprint density at radius 3 is 1.00 bits per heavy atom. The van der Waals surface area contributed by atoms with Crippen molar-refractivity contribution in [2.45, 2.75) is 271 Å². The Morgan fingerprint density at radius 1 is 0.313 bits per heavy atom. The third kappa shape index (κ3) is 53.4. The van der Waals surface area contributed by atoms with Crippen LogP contribution in [0.15, 0.2) is 85.1 Å². The van der Waals surface area contributed by atoms with E-state index in [2.05, 4.69) is 106 Å². The molecule has 0 N–H and O–H groups in total. The van der Waals surface area contributed by atoms with E-state index in [1.54, 1.807) is 0 Å². The number of rotatable bonds is 50. The predicted molar refractivity (Wildman–Crippen MR) is 288 cm³/mol. The minimum Gasteiger partial charge on any atom is -0.462 e. The van der Waals surface area contributed by atoms with Crippen molar-refractivity contribution in [1.82, 2.24) is 0 Å². The van der Waals surface area contributed by atoms with Crippen molar-refractivity contribution in [3.05, 3.63) is 85.1 Å². The van der Waals surface area contributed by atoms with Crippen LogP contribution in [0.5, 0.6) is 0 Å². The van der Waals surface area contributed by atoms with Crippen molar-refractivity contribution in [3.63, 3.8) is 0 Å². The van der Waals surface area contributed by atoms with Gasteiger partial charge in [0.25, 0.3) is 0 Å². The molecular formula is C61H104O6. The van der Waals surface area contributed by atoms with E-state index < -0.39 is 6.10 Å². The van der Waals surface area contributed by atoms with Gasteiger partial charge >= 0.3 is 17.9 Å². The lowest BCUT2D eigenvalue weighted by Crippen LogP contribution is -2.30. The summed E-state index contributed by atoms with van der Waals surface area (Å²) in [5.74, 6) is -0.963. The summed E-state index contributed by atoms with van der Waals surface area (Å²) < 4.78 is 16.8. The molecule has 0 aliphatic carbocycles. The van der Waals surface area contributed by atoms with Crippen molar-refractivity contribution in [3.8, 4) is 0 Å². The molecular weight excluding hydrogens is 829 g/mol. The molecule has 0 fully saturated rings. The Hall–Kier alpha value is -3.41. The normalized spacial score (nSPS) is 12.7. The van der Waals surface area contributed by atoms with Gasteiger partial charge in [-0.3, -0.25) is 14.4 Å². The molecule has 384 valence electrons. The first kappa shape index (κ1) is 63.6. The van der Waals surface area contributed by atoms with E-state index in [1.807, 2.05) is 0 Å². The maximum absolute atomic E-state index is 12.8. The van der Waals surface area contributed by atoms with E-state index in [4.69, 9.17) is 14.2 Å². The van der Waals surface area contributed by atoms with Gasteiger partial charge in [-0.2, -0.15) is 0 Å². The Balaban J connectivity index is 4.48. The zero-order valence-electron chi connectivity index (χ0n) is 43.9. The van der Waals surface area contributed by atoms with Gasteiger partial charge in [-0.15, -0.1) is 0 Å². The monoisotopic (exact) mass is 933 g/mol. The number of esters is 3. The number of carbonyl (C=O) groups is 3. The van der Waals surface area contributed by atoms with Crippen molar-refractivity contribution >= 4 is 17.9 Å². The Bertz CT molecular complexity index is 1300. The van der Waals surface area contributed by atoms with Crippen LogP contribution in [0.1, 0.15) is 265 Å². The summed E-state index contributed by atoms with van der Waals surface area (Å²) in [7, 11) is 0. The minimum absolute atomic E-state index is 0.0973. The molecule has 0 aromatic rings. The van der Waals surface area contributed by atoms with Gasteiger partial charge in [-0.25, -0.2) is 0 Å². The standard InChI is InChI=1S/C61H104O6/c1-4-7-10-13-16-19-22-25-28-31-34-36-39-42-45-48-51-54-60(63)66-57-58(67-61(64)55-52-49-46-43-40-37-33-30-27-24-21-18-15-12-9-6-3)56-65-59(62)53-50-47-44-41-38-35-32-29-26-23-20-17-14-11-8-5-2/h9,12,16,18-19,21,25,27-28,30,34,36,42,45,58H,4-8,10-11,13-15,17,20,22-24,26,29,31-33,35,37-41,43-44,46-57H2,1-3H3/b12-9-,19-16-,21-18-,28-25-,30-27-,36-34-,45-42-. The van der Waals surface area contributed by atoms with E-state index in [0.29, 0.717) is 19.3 Å². The molecule has 6 nitrogen and oxygen atoms in total. The number of hydrogen-bond acceptors (Lipinski definition) is 6. The highest BCUT2D eigenvalue weighted by Crippen LogP contribution is 2.15. The van der Waals surface area contributed by atoms with Gasteiger partial charge in [0.2, 0.25) is 0 Å². The molecule has 0 amide bonds. The van der Waals surface area contributed by atoms with E-state index in [1.165, 1.54) is 122 Å². The SMILES string of the molecule is CC/C=C\C/C=C\C/C=C\CCCCCCCCC(=O)OC(COC(=O)CCC/C=C\C/C=C\C/C=C\C/C=C\CCCCC)COC(=O)CCCCCCCCCCCCCCCCCC. The van der Waals surface area contributed by atoms with E-state index >= 15 is 0 Å². The predicted octanol–water partition coefficient (Wildman–Crippen LogP) is 18.8. The van der Waals surface area contributed by atoms with Crippen molar-refractivity contribution in [1.29, 1.82) is 0 Å². The van der Waals surface area contributed by atoms with Crippen LogP contribution in [0, 0.1) is 0 Å². The van der Waals surface area contributed by atoms with Crippen LogP contribution < -0.4 is 0 Å². The second kappa shape index (κ2) is 55.2. The van der Waals surface area contributed by atoms with Crippen LogP contribution in [0.2, 0.25) is 0 Å². The van der Waals surface area contributed by atoms with Gasteiger partial charge in [-0.05, 0) is 89.9 Å². The molecule has 1 atom stereocenters. The summed E-state index contributed by atoms with van der Waals surface area (Å²) in [6.45, 7) is 6.46. The zero-order valence-corrected chi connectivity index (χ0v) is 43.9. The minimum atomic E-state index is -0.804. The molecule has 0 spiro atoms. The highest BCUT2D eigenvalue weighted by molar-refractivity contribution is 5.71. The van der Waals surface area contributed by atoms with Crippen molar-refractivity contribution in [2.24, 2.45) is 0 Å². The average Bonchev–Trinajstić information content (AvgIpc) is 3.33. The topological polar surface area (TPSA) is 78.9 Å². The third-order valence-corrected chi connectivity index (χ3v) is 11.9. The summed E-state index contributed by atoms with van der Waals surface area (Å²) in [6.07, 6.45) is 71.4. The number of carbonyl (C=O) groups excluding carboxylic acids is 3. The van der Waals surface area contributed by atoms with E-state index in [9.17, 15) is 14.4 Å². The smallest absolute Gasteiger partial charge is 0.306 e. The largest absolute Gasteiger partial charge is 0.462 e. The van der Waals surface area contributed by atoms with Crippen LogP contribution in [0.4, 0.5) is 0 Å². The van der Waals surface area contributed by atoms with Crippen molar-refractivity contribution in [2.75, 3.05) is 13.2 Å². The van der Waals surface area contributed by atoms with Gasteiger partial charge in [0.15, 0.2) is 6.10 Å². The molecule has 0 saturated carbocycles. The van der Waals surface area contributed by atoms with Crippen LogP contribution in [0.25, 0.3) is 0 Å². The highest BCUT2D eigenvalue weighted by atomic mass is 16.6. The maximum Gasteiger partial charge on any atom is 0.306 e. The van der Waals surface area contributed by atoms with Gasteiger partial charge in [0.1, 0.15) is 13.2 Å². The summed E-state index contributed by atoms with van der Waals surface area (Å²) in [5.41, 5.74) is 0. The lowest BCUT2D eigenvalue weighted by Gasteiger charge is -2.18. The van der Waals surface area contributed by atoms with Crippen LogP contribution in [-0.2, 0) is 28.6 Å². The number of hydrogen-bond donors (Lipinski definition) is 0. The van der Waals surface area contributed by atoms with Gasteiger partial charge in [0.05, 0.1) is 0 Å². The van der Waals surface area contributed by atoms with Crippen LogP contribution in [0.3, 0.4) is 0 Å². The number of ether oxygens (including phenoxy) is 3. The molecule has 0 aromatic carbocycles. The fourth-order valence-corrected chi connectivity index (χ4v) is 7.68. The molecule has 0 bridgehead atoms. The molecule has 0 rings (SSSR count). The maximum atomic E-state index is 12.8. The molecule has 0 aliphatic rings. The first-order chi connectivity index (χ1) is 33.0. The lowest BCUT2D eigenvalue weighted by molar-refractivity contribution is -0.167. The Morgan fingerprint density at radius 2 is 0.597 bits per heavy atom. The highest BCUT2D eigenvalue weighted by Gasteiger charge is 2.19. The first-order valence-electron chi connectivity index (χ1n) is 28.1.